The minimum atomic E-state index is -0.518. The van der Waals surface area contributed by atoms with Gasteiger partial charge in [-0.2, -0.15) is 0 Å². The Labute approximate surface area is 262 Å². The van der Waals surface area contributed by atoms with Gasteiger partial charge in [-0.1, -0.05) is 30.3 Å². The molecule has 0 unspecified atom stereocenters. The van der Waals surface area contributed by atoms with Gasteiger partial charge in [0.1, 0.15) is 11.4 Å². The Balaban J connectivity index is 1.51. The highest BCUT2D eigenvalue weighted by molar-refractivity contribution is 6.11. The van der Waals surface area contributed by atoms with Crippen molar-refractivity contribution in [3.63, 3.8) is 0 Å². The van der Waals surface area contributed by atoms with Crippen molar-refractivity contribution in [2.24, 2.45) is 0 Å². The molecule has 9 heteroatoms. The SMILES string of the molecule is COc1cc(OC)c(OC)cc1/C=C/C(=O)c1ccc(NC(=O)/C(=C/c2ccc(N(C)C)cc2)NC(=O)c2ccccc2)cc1. The summed E-state index contributed by atoms with van der Waals surface area (Å²) < 4.78 is 16.1. The number of hydrogen-bond donors (Lipinski definition) is 2. The van der Waals surface area contributed by atoms with Crippen LogP contribution in [0.4, 0.5) is 11.4 Å². The summed E-state index contributed by atoms with van der Waals surface area (Å²) in [6.45, 7) is 0. The third-order valence-electron chi connectivity index (χ3n) is 6.83. The maximum atomic E-state index is 13.4. The van der Waals surface area contributed by atoms with Crippen molar-refractivity contribution in [1.29, 1.82) is 0 Å². The third-order valence-corrected chi connectivity index (χ3v) is 6.83. The summed E-state index contributed by atoms with van der Waals surface area (Å²) in [4.78, 5) is 41.2. The van der Waals surface area contributed by atoms with Crippen LogP contribution in [0.1, 0.15) is 31.8 Å². The molecule has 230 valence electrons. The summed E-state index contributed by atoms with van der Waals surface area (Å²) in [6.07, 6.45) is 4.68. The molecular weight excluding hydrogens is 570 g/mol. The van der Waals surface area contributed by atoms with Crippen molar-refractivity contribution >= 4 is 41.1 Å². The fourth-order valence-corrected chi connectivity index (χ4v) is 4.34. The maximum absolute atomic E-state index is 13.4. The zero-order valence-electron chi connectivity index (χ0n) is 25.8. The summed E-state index contributed by atoms with van der Waals surface area (Å²) in [7, 11) is 8.47. The van der Waals surface area contributed by atoms with Gasteiger partial charge in [-0.15, -0.1) is 0 Å². The summed E-state index contributed by atoms with van der Waals surface area (Å²) in [5.41, 5.74) is 3.72. The Bertz CT molecular complexity index is 1710. The fraction of sp³-hybridized carbons (Fsp3) is 0.139. The second kappa shape index (κ2) is 15.1. The highest BCUT2D eigenvalue weighted by atomic mass is 16.5. The van der Waals surface area contributed by atoms with Crippen LogP contribution >= 0.6 is 0 Å². The number of allylic oxidation sites excluding steroid dienone is 1. The number of carbonyl (C=O) groups is 3. The maximum Gasteiger partial charge on any atom is 0.272 e. The molecule has 4 aromatic carbocycles. The molecule has 4 rings (SSSR count). The zero-order valence-corrected chi connectivity index (χ0v) is 25.8. The highest BCUT2D eigenvalue weighted by Gasteiger charge is 2.16. The van der Waals surface area contributed by atoms with Gasteiger partial charge in [0.15, 0.2) is 17.3 Å². The number of anilines is 2. The first-order chi connectivity index (χ1) is 21.7. The van der Waals surface area contributed by atoms with Crippen molar-refractivity contribution in [1.82, 2.24) is 5.32 Å². The lowest BCUT2D eigenvalue weighted by atomic mass is 10.1. The van der Waals surface area contributed by atoms with E-state index in [1.54, 1.807) is 72.8 Å². The van der Waals surface area contributed by atoms with E-state index >= 15 is 0 Å². The molecule has 2 N–H and O–H groups in total. The Morgan fingerprint density at radius 1 is 0.711 bits per heavy atom. The van der Waals surface area contributed by atoms with E-state index in [-0.39, 0.29) is 11.5 Å². The number of amides is 2. The molecule has 0 aromatic heterocycles. The molecule has 0 spiro atoms. The number of ketones is 1. The molecule has 0 aliphatic heterocycles. The summed E-state index contributed by atoms with van der Waals surface area (Å²) in [5, 5.41) is 5.54. The van der Waals surface area contributed by atoms with Gasteiger partial charge in [-0.25, -0.2) is 0 Å². The van der Waals surface area contributed by atoms with Gasteiger partial charge in [0.05, 0.1) is 21.3 Å². The van der Waals surface area contributed by atoms with Crippen LogP contribution in [-0.4, -0.2) is 53.0 Å². The first-order valence-electron chi connectivity index (χ1n) is 14.0. The summed E-state index contributed by atoms with van der Waals surface area (Å²) in [5.74, 6) is 0.351. The van der Waals surface area contributed by atoms with Gasteiger partial charge in [-0.05, 0) is 78.4 Å². The second-order valence-electron chi connectivity index (χ2n) is 10.0. The fourth-order valence-electron chi connectivity index (χ4n) is 4.34. The standard InChI is InChI=1S/C36H35N3O6/c1-39(2)29-18-11-24(12-19-29)21-30(38-35(41)26-9-7-6-8-10-26)36(42)37-28-16-13-25(14-17-28)31(40)20-15-27-22-33(44-4)34(45-5)23-32(27)43-3/h6-23H,1-5H3,(H,37,42)(H,38,41)/b20-15+,30-21-. The number of ether oxygens (including phenoxy) is 3. The Morgan fingerprint density at radius 2 is 1.33 bits per heavy atom. The lowest BCUT2D eigenvalue weighted by Gasteiger charge is -2.13. The van der Waals surface area contributed by atoms with E-state index in [1.165, 1.54) is 27.4 Å². The second-order valence-corrected chi connectivity index (χ2v) is 10.0. The van der Waals surface area contributed by atoms with Crippen molar-refractivity contribution in [3.05, 3.63) is 125 Å². The minimum Gasteiger partial charge on any atom is -0.496 e. The van der Waals surface area contributed by atoms with Gasteiger partial charge >= 0.3 is 0 Å². The number of carbonyl (C=O) groups excluding carboxylic acids is 3. The van der Waals surface area contributed by atoms with Crippen LogP contribution in [0, 0.1) is 0 Å². The molecule has 4 aromatic rings. The zero-order chi connectivity index (χ0) is 32.3. The van der Waals surface area contributed by atoms with Gasteiger partial charge in [-0.3, -0.25) is 14.4 Å². The highest BCUT2D eigenvalue weighted by Crippen LogP contribution is 2.35. The Kier molecular flexibility index (Phi) is 10.7. The molecule has 2 amide bonds. The lowest BCUT2D eigenvalue weighted by molar-refractivity contribution is -0.113. The molecule has 9 nitrogen and oxygen atoms in total. The number of methoxy groups -OCH3 is 3. The monoisotopic (exact) mass is 605 g/mol. The summed E-state index contributed by atoms with van der Waals surface area (Å²) in [6, 6.07) is 26.1. The van der Waals surface area contributed by atoms with Crippen LogP contribution in [0.5, 0.6) is 17.2 Å². The quantitative estimate of drug-likeness (QED) is 0.149. The molecular formula is C36H35N3O6. The van der Waals surface area contributed by atoms with Crippen molar-refractivity contribution in [2.75, 3.05) is 45.6 Å². The van der Waals surface area contributed by atoms with Gasteiger partial charge in [0.2, 0.25) is 0 Å². The van der Waals surface area contributed by atoms with Crippen LogP contribution in [0.25, 0.3) is 12.2 Å². The van der Waals surface area contributed by atoms with Crippen LogP contribution in [-0.2, 0) is 4.79 Å². The molecule has 0 heterocycles. The van der Waals surface area contributed by atoms with E-state index in [2.05, 4.69) is 10.6 Å². The van der Waals surface area contributed by atoms with Gasteiger partial charge < -0.3 is 29.7 Å². The number of hydrogen-bond acceptors (Lipinski definition) is 7. The smallest absolute Gasteiger partial charge is 0.272 e. The van der Waals surface area contributed by atoms with E-state index in [1.807, 2.05) is 49.3 Å². The number of nitrogens with one attached hydrogen (secondary N) is 2. The molecule has 0 saturated heterocycles. The molecule has 45 heavy (non-hydrogen) atoms. The first-order valence-corrected chi connectivity index (χ1v) is 14.0. The van der Waals surface area contributed by atoms with Crippen molar-refractivity contribution in [3.8, 4) is 17.2 Å². The number of rotatable bonds is 12. The van der Waals surface area contributed by atoms with E-state index < -0.39 is 11.8 Å². The molecule has 0 aliphatic carbocycles. The predicted molar refractivity (Wildman–Crippen MR) is 177 cm³/mol. The van der Waals surface area contributed by atoms with E-state index in [4.69, 9.17) is 14.2 Å². The largest absolute Gasteiger partial charge is 0.496 e. The van der Waals surface area contributed by atoms with Crippen LogP contribution in [0.2, 0.25) is 0 Å². The Morgan fingerprint density at radius 3 is 1.93 bits per heavy atom. The van der Waals surface area contributed by atoms with Crippen molar-refractivity contribution < 1.29 is 28.6 Å². The van der Waals surface area contributed by atoms with Crippen LogP contribution < -0.4 is 29.7 Å². The average Bonchev–Trinajstić information content (AvgIpc) is 3.07. The molecule has 0 saturated carbocycles. The molecule has 0 fully saturated rings. The molecule has 0 atom stereocenters. The minimum absolute atomic E-state index is 0.0633. The molecule has 0 bridgehead atoms. The Hall–Kier alpha value is -5.83. The topological polar surface area (TPSA) is 106 Å². The summed E-state index contributed by atoms with van der Waals surface area (Å²) >= 11 is 0. The lowest BCUT2D eigenvalue weighted by Crippen LogP contribution is -2.30. The first kappa shape index (κ1) is 32.1. The molecule has 0 radical (unpaired) electrons. The van der Waals surface area contributed by atoms with E-state index in [0.717, 1.165) is 11.3 Å². The number of nitrogens with zero attached hydrogens (tertiary/aromatic N) is 1. The average molecular weight is 606 g/mol. The molecule has 0 aliphatic rings. The van der Waals surface area contributed by atoms with Gasteiger partial charge in [0.25, 0.3) is 11.8 Å². The van der Waals surface area contributed by atoms with Crippen LogP contribution in [0.3, 0.4) is 0 Å². The van der Waals surface area contributed by atoms with E-state index in [9.17, 15) is 14.4 Å². The van der Waals surface area contributed by atoms with Crippen LogP contribution in [0.15, 0.2) is 103 Å². The van der Waals surface area contributed by atoms with Crippen molar-refractivity contribution in [2.45, 2.75) is 0 Å². The third kappa shape index (κ3) is 8.39. The van der Waals surface area contributed by atoms with E-state index in [0.29, 0.717) is 39.6 Å². The number of benzene rings is 4. The van der Waals surface area contributed by atoms with Gasteiger partial charge in [0, 0.05) is 48.2 Å². The predicted octanol–water partition coefficient (Wildman–Crippen LogP) is 6.08. The normalized spacial score (nSPS) is 11.1.